The van der Waals surface area contributed by atoms with Gasteiger partial charge in [0.25, 0.3) is 5.91 Å². The van der Waals surface area contributed by atoms with Crippen molar-refractivity contribution in [3.8, 4) is 0 Å². The largest absolute Gasteiger partial charge is 0.405 e. The zero-order valence-electron chi connectivity index (χ0n) is 9.18. The molecule has 0 aromatic heterocycles. The molecule has 0 saturated heterocycles. The highest BCUT2D eigenvalue weighted by molar-refractivity contribution is 5.84. The molecule has 0 heterocycles. The Morgan fingerprint density at radius 1 is 1.33 bits per heavy atom. The number of nitrogens with one attached hydrogen (secondary N) is 1. The van der Waals surface area contributed by atoms with Gasteiger partial charge < -0.3 is 16.2 Å². The number of carbonyl (C=O) groups is 1. The Hall–Kier alpha value is -0.960. The molecule has 1 aliphatic rings. The zero-order chi connectivity index (χ0) is 14.1. The second-order valence-corrected chi connectivity index (χ2v) is 4.28. The number of alkyl halides is 5. The first-order valence-electron chi connectivity index (χ1n) is 5.22. The van der Waals surface area contributed by atoms with Gasteiger partial charge in [0, 0.05) is 6.04 Å². The second-order valence-electron chi connectivity index (χ2n) is 4.28. The molecular weight excluding hydrogens is 263 g/mol. The van der Waals surface area contributed by atoms with E-state index in [1.807, 2.05) is 0 Å². The molecule has 1 fully saturated rings. The Bertz CT molecular complexity index is 317. The lowest BCUT2D eigenvalue weighted by atomic mass is 10.0. The molecule has 2 atom stereocenters. The number of halogens is 5. The van der Waals surface area contributed by atoms with Gasteiger partial charge in [-0.2, -0.15) is 22.0 Å². The molecule has 1 amide bonds. The zero-order valence-corrected chi connectivity index (χ0v) is 9.18. The normalized spacial score (nSPS) is 20.4. The van der Waals surface area contributed by atoms with Crippen LogP contribution in [0.15, 0.2) is 0 Å². The van der Waals surface area contributed by atoms with Gasteiger partial charge in [0.1, 0.15) is 12.6 Å². The van der Waals surface area contributed by atoms with Crippen LogP contribution in [0.2, 0.25) is 0 Å². The third-order valence-corrected chi connectivity index (χ3v) is 2.65. The van der Waals surface area contributed by atoms with Crippen molar-refractivity contribution in [3.05, 3.63) is 0 Å². The Labute approximate surface area is 99.3 Å². The molecule has 18 heavy (non-hydrogen) atoms. The Kier molecular flexibility index (Phi) is 4.16. The maximum Gasteiger partial charge on any atom is 0.405 e. The van der Waals surface area contributed by atoms with Gasteiger partial charge in [-0.05, 0) is 18.8 Å². The van der Waals surface area contributed by atoms with Crippen LogP contribution in [0, 0.1) is 5.92 Å². The highest BCUT2D eigenvalue weighted by atomic mass is 19.4. The maximum atomic E-state index is 13.3. The van der Waals surface area contributed by atoms with Crippen LogP contribution in [-0.4, -0.2) is 41.8 Å². The highest BCUT2D eigenvalue weighted by Crippen LogP contribution is 2.36. The fourth-order valence-electron chi connectivity index (χ4n) is 1.41. The molecule has 0 aromatic rings. The predicted octanol–water partition coefficient (Wildman–Crippen LogP) is 0.398. The van der Waals surface area contributed by atoms with Crippen LogP contribution in [0.5, 0.6) is 0 Å². The minimum atomic E-state index is -4.80. The van der Waals surface area contributed by atoms with E-state index in [-0.39, 0.29) is 5.92 Å². The molecule has 1 aliphatic carbocycles. The van der Waals surface area contributed by atoms with Crippen molar-refractivity contribution in [2.75, 3.05) is 6.54 Å². The molecule has 9 heteroatoms. The summed E-state index contributed by atoms with van der Waals surface area (Å²) in [6.45, 7) is -1.88. The fraction of sp³-hybridized carbons (Fsp3) is 0.889. The Balaban J connectivity index is 2.57. The summed E-state index contributed by atoms with van der Waals surface area (Å²) in [4.78, 5) is 10.9. The third kappa shape index (κ3) is 3.77. The van der Waals surface area contributed by atoms with E-state index in [0.717, 1.165) is 5.32 Å². The summed E-state index contributed by atoms with van der Waals surface area (Å²) in [5, 5.41) is 10.3. The van der Waals surface area contributed by atoms with Crippen LogP contribution in [0.1, 0.15) is 12.8 Å². The molecule has 1 rings (SSSR count). The number of rotatable bonds is 5. The van der Waals surface area contributed by atoms with Crippen molar-refractivity contribution in [2.24, 2.45) is 11.7 Å². The van der Waals surface area contributed by atoms with Crippen LogP contribution in [-0.2, 0) is 4.79 Å². The van der Waals surface area contributed by atoms with Crippen molar-refractivity contribution in [2.45, 2.75) is 37.1 Å². The van der Waals surface area contributed by atoms with Crippen LogP contribution < -0.4 is 11.1 Å². The predicted molar refractivity (Wildman–Crippen MR) is 50.7 cm³/mol. The van der Waals surface area contributed by atoms with Gasteiger partial charge in [0.15, 0.2) is 0 Å². The van der Waals surface area contributed by atoms with Crippen LogP contribution >= 0.6 is 0 Å². The van der Waals surface area contributed by atoms with Gasteiger partial charge >= 0.3 is 12.1 Å². The van der Waals surface area contributed by atoms with E-state index in [0.29, 0.717) is 12.8 Å². The van der Waals surface area contributed by atoms with E-state index in [1.54, 1.807) is 0 Å². The van der Waals surface area contributed by atoms with Gasteiger partial charge in [-0.3, -0.25) is 4.79 Å². The SMILES string of the molecule is NC(C1CC1)C(O)C(F)(F)C(=O)NCC(F)(F)F. The molecular formula is C9H13F5N2O2. The van der Waals surface area contributed by atoms with Crippen molar-refractivity contribution in [3.63, 3.8) is 0 Å². The lowest BCUT2D eigenvalue weighted by Crippen LogP contribution is -2.56. The van der Waals surface area contributed by atoms with E-state index in [1.165, 1.54) is 0 Å². The van der Waals surface area contributed by atoms with E-state index in [9.17, 15) is 31.9 Å². The van der Waals surface area contributed by atoms with Gasteiger partial charge in [-0.1, -0.05) is 0 Å². The number of carbonyl (C=O) groups excluding carboxylic acids is 1. The summed E-state index contributed by atoms with van der Waals surface area (Å²) in [5.74, 6) is -6.84. The molecule has 4 nitrogen and oxygen atoms in total. The molecule has 4 N–H and O–H groups in total. The average Bonchev–Trinajstić information content (AvgIpc) is 3.06. The number of aliphatic hydroxyl groups excluding tert-OH is 1. The fourth-order valence-corrected chi connectivity index (χ4v) is 1.41. The number of nitrogens with two attached hydrogens (primary N) is 1. The quantitative estimate of drug-likeness (QED) is 0.636. The van der Waals surface area contributed by atoms with E-state index < -0.39 is 36.7 Å². The van der Waals surface area contributed by atoms with Gasteiger partial charge in [-0.15, -0.1) is 0 Å². The van der Waals surface area contributed by atoms with Crippen molar-refractivity contribution >= 4 is 5.91 Å². The summed E-state index contributed by atoms with van der Waals surface area (Å²) in [7, 11) is 0. The molecule has 0 radical (unpaired) electrons. The topological polar surface area (TPSA) is 75.3 Å². The summed E-state index contributed by atoms with van der Waals surface area (Å²) in [5.41, 5.74) is 5.30. The number of aliphatic hydroxyl groups is 1. The average molecular weight is 276 g/mol. The summed E-state index contributed by atoms with van der Waals surface area (Å²) in [6, 6.07) is -1.32. The minimum Gasteiger partial charge on any atom is -0.385 e. The van der Waals surface area contributed by atoms with Crippen LogP contribution in [0.25, 0.3) is 0 Å². The van der Waals surface area contributed by atoms with Crippen LogP contribution in [0.4, 0.5) is 22.0 Å². The molecule has 0 aromatic carbocycles. The maximum absolute atomic E-state index is 13.3. The van der Waals surface area contributed by atoms with E-state index in [4.69, 9.17) is 5.73 Å². The number of amides is 1. The Morgan fingerprint density at radius 2 is 1.83 bits per heavy atom. The van der Waals surface area contributed by atoms with Crippen LogP contribution in [0.3, 0.4) is 0 Å². The van der Waals surface area contributed by atoms with Gasteiger partial charge in [-0.25, -0.2) is 0 Å². The summed E-state index contributed by atoms with van der Waals surface area (Å²) >= 11 is 0. The molecule has 0 spiro atoms. The van der Waals surface area contributed by atoms with Crippen molar-refractivity contribution in [1.29, 1.82) is 0 Å². The second kappa shape index (κ2) is 4.96. The molecule has 0 bridgehead atoms. The first-order chi connectivity index (χ1) is 8.05. The molecule has 106 valence electrons. The first-order valence-corrected chi connectivity index (χ1v) is 5.22. The smallest absolute Gasteiger partial charge is 0.385 e. The lowest BCUT2D eigenvalue weighted by molar-refractivity contribution is -0.172. The third-order valence-electron chi connectivity index (χ3n) is 2.65. The first kappa shape index (κ1) is 15.1. The summed E-state index contributed by atoms with van der Waals surface area (Å²) < 4.78 is 61.9. The summed E-state index contributed by atoms with van der Waals surface area (Å²) in [6.07, 6.45) is -6.18. The van der Waals surface area contributed by atoms with E-state index in [2.05, 4.69) is 0 Å². The molecule has 0 aliphatic heterocycles. The van der Waals surface area contributed by atoms with Gasteiger partial charge in [0.2, 0.25) is 0 Å². The number of hydrogen-bond donors (Lipinski definition) is 3. The number of hydrogen-bond acceptors (Lipinski definition) is 3. The van der Waals surface area contributed by atoms with Gasteiger partial charge in [0.05, 0.1) is 0 Å². The minimum absolute atomic E-state index is 0.318. The Morgan fingerprint density at radius 3 is 2.22 bits per heavy atom. The monoisotopic (exact) mass is 276 g/mol. The van der Waals surface area contributed by atoms with E-state index >= 15 is 0 Å². The van der Waals surface area contributed by atoms with Crippen molar-refractivity contribution < 1.29 is 31.9 Å². The molecule has 1 saturated carbocycles. The van der Waals surface area contributed by atoms with Crippen molar-refractivity contribution in [1.82, 2.24) is 5.32 Å². The highest BCUT2D eigenvalue weighted by Gasteiger charge is 2.52. The lowest BCUT2D eigenvalue weighted by Gasteiger charge is -2.26. The molecule has 2 unspecified atom stereocenters. The standard InChI is InChI=1S/C9H13F5N2O2/c10-8(11,12)3-16-7(18)9(13,14)6(17)5(15)4-1-2-4/h4-6,17H,1-3,15H2,(H,16,18).